The number of allylic oxidation sites excluding steroid dienone is 1. The molecule has 0 saturated carbocycles. The summed E-state index contributed by atoms with van der Waals surface area (Å²) in [6.45, 7) is 2.16. The molecule has 1 aromatic carbocycles. The quantitative estimate of drug-likeness (QED) is 0.717. The van der Waals surface area contributed by atoms with E-state index in [9.17, 15) is 0 Å². The molecule has 1 heterocycles. The van der Waals surface area contributed by atoms with Crippen LogP contribution in [0.25, 0.3) is 0 Å². The second kappa shape index (κ2) is 3.29. The van der Waals surface area contributed by atoms with Gasteiger partial charge < -0.3 is 5.73 Å². The van der Waals surface area contributed by atoms with Crippen molar-refractivity contribution in [2.75, 3.05) is 0 Å². The number of nitrogens with zero attached hydrogens (tertiary/aromatic N) is 1. The van der Waals surface area contributed by atoms with Crippen molar-refractivity contribution in [1.29, 1.82) is 0 Å². The molecule has 0 aliphatic carbocycles. The third kappa shape index (κ3) is 1.55. The maximum Gasteiger partial charge on any atom is 0.0452 e. The molecule has 0 aromatic heterocycles. The molecule has 1 aliphatic rings. The van der Waals surface area contributed by atoms with E-state index in [1.807, 2.05) is 24.4 Å². The number of rotatable bonds is 1. The molecule has 1 atom stereocenters. The van der Waals surface area contributed by atoms with E-state index < -0.39 is 0 Å². The molecule has 0 bridgehead atoms. The van der Waals surface area contributed by atoms with Gasteiger partial charge in [-0.3, -0.25) is 4.99 Å². The highest BCUT2D eigenvalue weighted by atomic mass is 14.8. The van der Waals surface area contributed by atoms with Gasteiger partial charge in [-0.25, -0.2) is 0 Å². The van der Waals surface area contributed by atoms with Gasteiger partial charge in [0.2, 0.25) is 0 Å². The highest BCUT2D eigenvalue weighted by Gasteiger charge is 2.26. The average Bonchev–Trinajstić information content (AvgIpc) is 2.19. The summed E-state index contributed by atoms with van der Waals surface area (Å²) in [5.41, 5.74) is 7.86. The molecular weight excluding hydrogens is 172 g/mol. The molecule has 72 valence electrons. The van der Waals surface area contributed by atoms with Crippen LogP contribution in [0.3, 0.4) is 0 Å². The fraction of sp³-hybridized carbons (Fsp3) is 0.250. The summed E-state index contributed by atoms with van der Waals surface area (Å²) < 4.78 is 0. The van der Waals surface area contributed by atoms with Crippen LogP contribution in [0.15, 0.2) is 47.2 Å². The van der Waals surface area contributed by atoms with Crippen LogP contribution in [0.1, 0.15) is 18.9 Å². The van der Waals surface area contributed by atoms with Gasteiger partial charge in [-0.05, 0) is 5.56 Å². The van der Waals surface area contributed by atoms with E-state index in [-0.39, 0.29) is 5.41 Å². The van der Waals surface area contributed by atoms with Gasteiger partial charge in [0.1, 0.15) is 0 Å². The normalized spacial score (nSPS) is 25.9. The monoisotopic (exact) mass is 186 g/mol. The first kappa shape index (κ1) is 9.00. The summed E-state index contributed by atoms with van der Waals surface area (Å²) in [6.07, 6.45) is 4.55. The largest absolute Gasteiger partial charge is 0.401 e. The highest BCUT2D eigenvalue weighted by Crippen LogP contribution is 2.29. The van der Waals surface area contributed by atoms with Crippen molar-refractivity contribution < 1.29 is 0 Å². The van der Waals surface area contributed by atoms with Crippen molar-refractivity contribution in [3.05, 3.63) is 47.8 Å². The number of nitrogens with two attached hydrogens (primary N) is 1. The average molecular weight is 186 g/mol. The molecule has 2 rings (SSSR count). The molecule has 0 saturated heterocycles. The van der Waals surface area contributed by atoms with Crippen LogP contribution in [0.2, 0.25) is 0 Å². The maximum absolute atomic E-state index is 5.80. The SMILES string of the molecule is CC1(c2ccccc2)C=NC=C(N)C1. The summed E-state index contributed by atoms with van der Waals surface area (Å²) >= 11 is 0. The van der Waals surface area contributed by atoms with E-state index in [1.54, 1.807) is 6.20 Å². The van der Waals surface area contributed by atoms with Crippen molar-refractivity contribution in [2.24, 2.45) is 10.7 Å². The van der Waals surface area contributed by atoms with E-state index in [0.717, 1.165) is 12.1 Å². The van der Waals surface area contributed by atoms with Gasteiger partial charge in [0.05, 0.1) is 0 Å². The molecule has 2 nitrogen and oxygen atoms in total. The van der Waals surface area contributed by atoms with Gasteiger partial charge in [0.25, 0.3) is 0 Å². The number of hydrogen-bond donors (Lipinski definition) is 1. The van der Waals surface area contributed by atoms with E-state index in [0.29, 0.717) is 0 Å². The maximum atomic E-state index is 5.80. The van der Waals surface area contributed by atoms with Gasteiger partial charge in [0, 0.05) is 29.9 Å². The summed E-state index contributed by atoms with van der Waals surface area (Å²) in [7, 11) is 0. The minimum atomic E-state index is -0.0416. The fourth-order valence-electron chi connectivity index (χ4n) is 1.81. The summed E-state index contributed by atoms with van der Waals surface area (Å²) in [4.78, 5) is 4.18. The van der Waals surface area contributed by atoms with Crippen molar-refractivity contribution in [1.82, 2.24) is 0 Å². The van der Waals surface area contributed by atoms with Crippen LogP contribution in [-0.4, -0.2) is 6.21 Å². The van der Waals surface area contributed by atoms with E-state index >= 15 is 0 Å². The first-order chi connectivity index (χ1) is 6.71. The Labute approximate surface area is 84.2 Å². The molecule has 2 heteroatoms. The number of aliphatic imine (C=N–C) groups is 1. The van der Waals surface area contributed by atoms with E-state index in [1.165, 1.54) is 5.56 Å². The lowest BCUT2D eigenvalue weighted by Gasteiger charge is -2.27. The van der Waals surface area contributed by atoms with Gasteiger partial charge in [-0.15, -0.1) is 0 Å². The molecule has 14 heavy (non-hydrogen) atoms. The molecule has 1 aromatic rings. The lowest BCUT2D eigenvalue weighted by Crippen LogP contribution is -2.28. The molecule has 1 unspecified atom stereocenters. The molecule has 0 spiro atoms. The zero-order valence-corrected chi connectivity index (χ0v) is 8.27. The van der Waals surface area contributed by atoms with Gasteiger partial charge in [0.15, 0.2) is 0 Å². The number of benzene rings is 1. The van der Waals surface area contributed by atoms with Crippen LogP contribution in [-0.2, 0) is 5.41 Å². The Morgan fingerprint density at radius 1 is 1.29 bits per heavy atom. The van der Waals surface area contributed by atoms with Crippen molar-refractivity contribution >= 4 is 6.21 Å². The topological polar surface area (TPSA) is 38.4 Å². The van der Waals surface area contributed by atoms with Crippen LogP contribution >= 0.6 is 0 Å². The highest BCUT2D eigenvalue weighted by molar-refractivity contribution is 5.75. The summed E-state index contributed by atoms with van der Waals surface area (Å²) in [5, 5.41) is 0. The molecule has 1 aliphatic heterocycles. The Balaban J connectivity index is 2.35. The Kier molecular flexibility index (Phi) is 2.12. The van der Waals surface area contributed by atoms with Gasteiger partial charge >= 0.3 is 0 Å². The molecule has 0 fully saturated rings. The zero-order valence-electron chi connectivity index (χ0n) is 8.27. The predicted molar refractivity (Wildman–Crippen MR) is 59.2 cm³/mol. The van der Waals surface area contributed by atoms with Gasteiger partial charge in [-0.2, -0.15) is 0 Å². The summed E-state index contributed by atoms with van der Waals surface area (Å²) in [6, 6.07) is 10.3. The lowest BCUT2D eigenvalue weighted by atomic mass is 9.79. The first-order valence-corrected chi connectivity index (χ1v) is 4.75. The van der Waals surface area contributed by atoms with Crippen LogP contribution in [0.5, 0.6) is 0 Å². The Morgan fingerprint density at radius 2 is 2.00 bits per heavy atom. The second-order valence-electron chi connectivity index (χ2n) is 3.94. The second-order valence-corrected chi connectivity index (χ2v) is 3.94. The zero-order chi connectivity index (χ0) is 10.0. The first-order valence-electron chi connectivity index (χ1n) is 4.75. The minimum Gasteiger partial charge on any atom is -0.401 e. The third-order valence-electron chi connectivity index (χ3n) is 2.60. The summed E-state index contributed by atoms with van der Waals surface area (Å²) in [5.74, 6) is 0. The molecule has 2 N–H and O–H groups in total. The van der Waals surface area contributed by atoms with Crippen molar-refractivity contribution in [2.45, 2.75) is 18.8 Å². The Hall–Kier alpha value is -1.57. The van der Waals surface area contributed by atoms with E-state index in [2.05, 4.69) is 24.0 Å². The smallest absolute Gasteiger partial charge is 0.0452 e. The molecular formula is C12H14N2. The van der Waals surface area contributed by atoms with Crippen LogP contribution < -0.4 is 5.73 Å². The molecule has 0 amide bonds. The fourth-order valence-corrected chi connectivity index (χ4v) is 1.81. The predicted octanol–water partition coefficient (Wildman–Crippen LogP) is 2.22. The van der Waals surface area contributed by atoms with Crippen molar-refractivity contribution in [3.63, 3.8) is 0 Å². The lowest BCUT2D eigenvalue weighted by molar-refractivity contribution is 0.628. The Morgan fingerprint density at radius 3 is 2.64 bits per heavy atom. The number of hydrogen-bond acceptors (Lipinski definition) is 2. The minimum absolute atomic E-state index is 0.0416. The van der Waals surface area contributed by atoms with E-state index in [4.69, 9.17) is 5.73 Å². The molecule has 0 radical (unpaired) electrons. The van der Waals surface area contributed by atoms with Crippen molar-refractivity contribution in [3.8, 4) is 0 Å². The van der Waals surface area contributed by atoms with Gasteiger partial charge in [-0.1, -0.05) is 37.3 Å². The van der Waals surface area contributed by atoms with Crippen LogP contribution in [0.4, 0.5) is 0 Å². The standard InChI is InChI=1S/C12H14N2/c1-12(7-11(13)8-14-9-12)10-5-3-2-4-6-10/h2-6,8-9H,7,13H2,1H3. The Bertz CT molecular complexity index is 379. The van der Waals surface area contributed by atoms with Crippen LogP contribution in [0, 0.1) is 0 Å². The third-order valence-corrected chi connectivity index (χ3v) is 2.60.